The molecule has 106 valence electrons. The fraction of sp³-hybridized carbons (Fsp3) is 0.533. The molecule has 3 nitrogen and oxygen atoms in total. The summed E-state index contributed by atoms with van der Waals surface area (Å²) in [5.74, 6) is -0.443. The predicted octanol–water partition coefficient (Wildman–Crippen LogP) is 2.80. The molecule has 2 N–H and O–H groups in total. The van der Waals surface area contributed by atoms with Gasteiger partial charge in [-0.2, -0.15) is 0 Å². The van der Waals surface area contributed by atoms with Gasteiger partial charge in [0.25, 0.3) is 0 Å². The average Bonchev–Trinajstić information content (AvgIpc) is 2.26. The van der Waals surface area contributed by atoms with Crippen LogP contribution in [0.25, 0.3) is 0 Å². The molecule has 4 heteroatoms. The Morgan fingerprint density at radius 2 is 1.84 bits per heavy atom. The van der Waals surface area contributed by atoms with Crippen LogP contribution in [0, 0.1) is 11.2 Å². The molecule has 0 fully saturated rings. The molecule has 0 aliphatic heterocycles. The second-order valence-corrected chi connectivity index (χ2v) is 6.09. The number of hydrogen-bond donors (Lipinski definition) is 2. The van der Waals surface area contributed by atoms with E-state index in [2.05, 4.69) is 5.32 Å². The fourth-order valence-electron chi connectivity index (χ4n) is 1.81. The molecular formula is C15H22FNO2. The van der Waals surface area contributed by atoms with Crippen LogP contribution in [0.1, 0.15) is 45.8 Å². The van der Waals surface area contributed by atoms with Gasteiger partial charge < -0.3 is 10.4 Å². The third-order valence-corrected chi connectivity index (χ3v) is 2.76. The first-order valence-corrected chi connectivity index (χ1v) is 6.42. The molecular weight excluding hydrogens is 245 g/mol. The Hall–Kier alpha value is -1.42. The van der Waals surface area contributed by atoms with Gasteiger partial charge in [-0.3, -0.25) is 4.79 Å². The largest absolute Gasteiger partial charge is 0.386 e. The summed E-state index contributed by atoms with van der Waals surface area (Å²) in [5, 5.41) is 12.9. The molecule has 0 spiro atoms. The molecule has 0 saturated carbocycles. The van der Waals surface area contributed by atoms with Crippen LogP contribution in [-0.2, 0) is 4.79 Å². The van der Waals surface area contributed by atoms with E-state index in [0.29, 0.717) is 12.0 Å². The fourth-order valence-corrected chi connectivity index (χ4v) is 1.81. The van der Waals surface area contributed by atoms with Crippen LogP contribution in [0.15, 0.2) is 24.3 Å². The number of carbonyl (C=O) groups is 1. The van der Waals surface area contributed by atoms with E-state index in [4.69, 9.17) is 0 Å². The Bertz CT molecular complexity index is 423. The van der Waals surface area contributed by atoms with Crippen LogP contribution < -0.4 is 5.32 Å². The van der Waals surface area contributed by atoms with Gasteiger partial charge in [-0.05, 0) is 30.0 Å². The molecule has 1 aromatic rings. The van der Waals surface area contributed by atoms with Crippen molar-refractivity contribution < 1.29 is 14.3 Å². The highest BCUT2D eigenvalue weighted by Gasteiger charge is 2.21. The highest BCUT2D eigenvalue weighted by Crippen LogP contribution is 2.20. The summed E-state index contributed by atoms with van der Waals surface area (Å²) in [6.07, 6.45) is -0.447. The van der Waals surface area contributed by atoms with Gasteiger partial charge in [-0.25, -0.2) is 4.39 Å². The third kappa shape index (κ3) is 5.39. The van der Waals surface area contributed by atoms with Crippen molar-refractivity contribution in [1.29, 1.82) is 0 Å². The summed E-state index contributed by atoms with van der Waals surface area (Å²) in [6, 6.07) is 5.21. The highest BCUT2D eigenvalue weighted by atomic mass is 19.1. The molecule has 0 saturated heterocycles. The summed E-state index contributed by atoms with van der Waals surface area (Å²) < 4.78 is 12.8. The second kappa shape index (κ2) is 6.15. The van der Waals surface area contributed by atoms with Crippen molar-refractivity contribution in [3.05, 3.63) is 35.6 Å². The van der Waals surface area contributed by atoms with Gasteiger partial charge >= 0.3 is 0 Å². The molecule has 0 bridgehead atoms. The summed E-state index contributed by atoms with van der Waals surface area (Å²) in [5.41, 5.74) is 0.495. The Balaban J connectivity index is 2.60. The minimum absolute atomic E-state index is 0.0926. The van der Waals surface area contributed by atoms with E-state index < -0.39 is 12.1 Å². The number of rotatable bonds is 4. The molecule has 1 aromatic carbocycles. The Kier molecular flexibility index (Phi) is 5.06. The second-order valence-electron chi connectivity index (χ2n) is 6.09. The Morgan fingerprint density at radius 3 is 2.32 bits per heavy atom. The van der Waals surface area contributed by atoms with Crippen molar-refractivity contribution >= 4 is 5.91 Å². The van der Waals surface area contributed by atoms with Crippen LogP contribution in [-0.4, -0.2) is 17.1 Å². The van der Waals surface area contributed by atoms with Crippen LogP contribution in [0.5, 0.6) is 0 Å². The van der Waals surface area contributed by atoms with E-state index in [1.807, 2.05) is 20.8 Å². The maximum atomic E-state index is 12.8. The molecule has 2 atom stereocenters. The van der Waals surface area contributed by atoms with Crippen molar-refractivity contribution in [2.45, 2.75) is 46.3 Å². The molecule has 0 aliphatic carbocycles. The zero-order valence-corrected chi connectivity index (χ0v) is 11.9. The van der Waals surface area contributed by atoms with Gasteiger partial charge in [0.1, 0.15) is 5.82 Å². The van der Waals surface area contributed by atoms with Gasteiger partial charge in [0.15, 0.2) is 0 Å². The summed E-state index contributed by atoms with van der Waals surface area (Å²) in [6.45, 7) is 7.67. The minimum atomic E-state index is -0.843. The van der Waals surface area contributed by atoms with Crippen molar-refractivity contribution in [2.75, 3.05) is 0 Å². The lowest BCUT2D eigenvalue weighted by Gasteiger charge is -2.23. The first kappa shape index (κ1) is 15.6. The van der Waals surface area contributed by atoms with Crippen LogP contribution in [0.3, 0.4) is 0 Å². The van der Waals surface area contributed by atoms with Crippen LogP contribution in [0.4, 0.5) is 4.39 Å². The van der Waals surface area contributed by atoms with Crippen LogP contribution in [0.2, 0.25) is 0 Å². The van der Waals surface area contributed by atoms with Crippen molar-refractivity contribution in [3.8, 4) is 0 Å². The zero-order chi connectivity index (χ0) is 14.6. The first-order valence-electron chi connectivity index (χ1n) is 6.42. The van der Waals surface area contributed by atoms with E-state index in [1.54, 1.807) is 6.92 Å². The monoisotopic (exact) mass is 267 g/mol. The normalized spacial score (nSPS) is 14.8. The topological polar surface area (TPSA) is 49.3 Å². The standard InChI is InChI=1S/C15H22FNO2/c1-10(17-13(18)9-15(2,3)4)14(19)11-5-7-12(16)8-6-11/h5-8,10,14,19H,9H2,1-4H3,(H,17,18). The molecule has 1 amide bonds. The summed E-state index contributed by atoms with van der Waals surface area (Å²) >= 11 is 0. The van der Waals surface area contributed by atoms with E-state index in [9.17, 15) is 14.3 Å². The smallest absolute Gasteiger partial charge is 0.220 e. The van der Waals surface area contributed by atoms with E-state index in [-0.39, 0.29) is 17.1 Å². The van der Waals surface area contributed by atoms with E-state index >= 15 is 0 Å². The summed E-state index contributed by atoms with van der Waals surface area (Å²) in [7, 11) is 0. The van der Waals surface area contributed by atoms with Gasteiger partial charge in [0, 0.05) is 6.42 Å². The lowest BCUT2D eigenvalue weighted by molar-refractivity contribution is -0.124. The van der Waals surface area contributed by atoms with Crippen molar-refractivity contribution in [2.24, 2.45) is 5.41 Å². The maximum Gasteiger partial charge on any atom is 0.220 e. The third-order valence-electron chi connectivity index (χ3n) is 2.76. The van der Waals surface area contributed by atoms with Gasteiger partial charge in [-0.15, -0.1) is 0 Å². The molecule has 0 heterocycles. The number of nitrogens with one attached hydrogen (secondary N) is 1. The van der Waals surface area contributed by atoms with Gasteiger partial charge in [0.2, 0.25) is 5.91 Å². The SMILES string of the molecule is CC(NC(=O)CC(C)(C)C)C(O)c1ccc(F)cc1. The Morgan fingerprint density at radius 1 is 1.32 bits per heavy atom. The molecule has 1 rings (SSSR count). The van der Waals surface area contributed by atoms with E-state index in [1.165, 1.54) is 24.3 Å². The quantitative estimate of drug-likeness (QED) is 0.881. The van der Waals surface area contributed by atoms with Gasteiger partial charge in [0.05, 0.1) is 12.1 Å². The summed E-state index contributed by atoms with van der Waals surface area (Å²) in [4.78, 5) is 11.8. The zero-order valence-electron chi connectivity index (χ0n) is 11.9. The molecule has 19 heavy (non-hydrogen) atoms. The number of aliphatic hydroxyl groups excluding tert-OH is 1. The van der Waals surface area contributed by atoms with Crippen molar-refractivity contribution in [3.63, 3.8) is 0 Å². The molecule has 0 aromatic heterocycles. The Labute approximate surface area is 113 Å². The van der Waals surface area contributed by atoms with Crippen LogP contribution >= 0.6 is 0 Å². The predicted molar refractivity (Wildman–Crippen MR) is 73.0 cm³/mol. The van der Waals surface area contributed by atoms with E-state index in [0.717, 1.165) is 0 Å². The minimum Gasteiger partial charge on any atom is -0.386 e. The number of halogens is 1. The molecule has 0 radical (unpaired) electrons. The molecule has 0 aliphatic rings. The first-order chi connectivity index (χ1) is 8.69. The molecule has 2 unspecified atom stereocenters. The average molecular weight is 267 g/mol. The van der Waals surface area contributed by atoms with Gasteiger partial charge in [-0.1, -0.05) is 32.9 Å². The number of aliphatic hydroxyl groups is 1. The van der Waals surface area contributed by atoms with Crippen molar-refractivity contribution in [1.82, 2.24) is 5.32 Å². The highest BCUT2D eigenvalue weighted by molar-refractivity contribution is 5.76. The maximum absolute atomic E-state index is 12.8. The lowest BCUT2D eigenvalue weighted by Crippen LogP contribution is -2.38. The number of carbonyl (C=O) groups excluding carboxylic acids is 1. The number of benzene rings is 1. The lowest BCUT2D eigenvalue weighted by atomic mass is 9.91. The number of hydrogen-bond acceptors (Lipinski definition) is 2. The number of amides is 1.